The van der Waals surface area contributed by atoms with Gasteiger partial charge >= 0.3 is 0 Å². The van der Waals surface area contributed by atoms with Crippen LogP contribution in [0.25, 0.3) is 0 Å². The molecular formula is C14H21N3O. The highest BCUT2D eigenvalue weighted by Gasteiger charge is 2.14. The van der Waals surface area contributed by atoms with Gasteiger partial charge in [0, 0.05) is 23.8 Å². The van der Waals surface area contributed by atoms with Crippen LogP contribution in [-0.2, 0) is 0 Å². The molecule has 2 aromatic rings. The number of hydrogen-bond donors (Lipinski definition) is 1. The van der Waals surface area contributed by atoms with Crippen molar-refractivity contribution < 1.29 is 4.42 Å². The van der Waals surface area contributed by atoms with Gasteiger partial charge in [0.2, 0.25) is 0 Å². The van der Waals surface area contributed by atoms with Gasteiger partial charge in [-0.25, -0.2) is 0 Å². The number of furan rings is 1. The molecule has 0 aliphatic carbocycles. The molecule has 2 rings (SSSR count). The lowest BCUT2D eigenvalue weighted by Crippen LogP contribution is -2.21. The second-order valence-corrected chi connectivity index (χ2v) is 4.97. The number of hydrogen-bond acceptors (Lipinski definition) is 3. The van der Waals surface area contributed by atoms with E-state index in [0.29, 0.717) is 6.04 Å². The molecule has 4 heteroatoms. The third-order valence-electron chi connectivity index (χ3n) is 3.12. The monoisotopic (exact) mass is 247 g/mol. The van der Waals surface area contributed by atoms with Crippen molar-refractivity contribution in [1.29, 1.82) is 0 Å². The zero-order valence-corrected chi connectivity index (χ0v) is 11.4. The maximum absolute atomic E-state index is 5.39. The molecule has 0 aromatic carbocycles. The van der Waals surface area contributed by atoms with E-state index >= 15 is 0 Å². The van der Waals surface area contributed by atoms with Crippen LogP contribution in [0.15, 0.2) is 35.2 Å². The summed E-state index contributed by atoms with van der Waals surface area (Å²) >= 11 is 0. The van der Waals surface area contributed by atoms with Crippen LogP contribution in [0.3, 0.4) is 0 Å². The Balaban J connectivity index is 2.00. The first-order chi connectivity index (χ1) is 8.58. The Morgan fingerprint density at radius 3 is 2.56 bits per heavy atom. The van der Waals surface area contributed by atoms with Crippen molar-refractivity contribution in [2.24, 2.45) is 0 Å². The first-order valence-electron chi connectivity index (χ1n) is 6.41. The summed E-state index contributed by atoms with van der Waals surface area (Å²) in [6, 6.07) is 4.74. The summed E-state index contributed by atoms with van der Waals surface area (Å²) in [7, 11) is 0. The fourth-order valence-electron chi connectivity index (χ4n) is 1.95. The molecule has 0 aliphatic heterocycles. The Kier molecular flexibility index (Phi) is 3.87. The minimum atomic E-state index is 0.192. The number of nitrogens with zero attached hydrogens (tertiary/aromatic N) is 2. The molecule has 0 radical (unpaired) electrons. The van der Waals surface area contributed by atoms with Crippen LogP contribution < -0.4 is 5.32 Å². The lowest BCUT2D eigenvalue weighted by Gasteiger charge is -2.17. The Labute approximate surface area is 108 Å². The molecule has 18 heavy (non-hydrogen) atoms. The van der Waals surface area contributed by atoms with Crippen molar-refractivity contribution in [3.63, 3.8) is 0 Å². The Hall–Kier alpha value is -1.55. The summed E-state index contributed by atoms with van der Waals surface area (Å²) in [6.45, 7) is 8.49. The highest BCUT2D eigenvalue weighted by atomic mass is 16.3. The average Bonchev–Trinajstić information content (AvgIpc) is 3.00. The molecule has 1 N–H and O–H groups in total. The molecule has 0 saturated carbocycles. The van der Waals surface area contributed by atoms with E-state index < -0.39 is 0 Å². The number of nitrogens with one attached hydrogen (secondary N) is 1. The molecule has 2 aromatic heterocycles. The predicted octanol–water partition coefficient (Wildman–Crippen LogP) is 3.47. The quantitative estimate of drug-likeness (QED) is 0.879. The topological polar surface area (TPSA) is 43.0 Å². The molecule has 98 valence electrons. The number of rotatable bonds is 5. The summed E-state index contributed by atoms with van der Waals surface area (Å²) < 4.78 is 7.37. The summed E-state index contributed by atoms with van der Waals surface area (Å²) in [5.41, 5.74) is 1.20. The molecule has 2 heterocycles. The smallest absolute Gasteiger partial charge is 0.120 e. The van der Waals surface area contributed by atoms with Crippen molar-refractivity contribution in [3.05, 3.63) is 42.1 Å². The lowest BCUT2D eigenvalue weighted by molar-refractivity contribution is 0.402. The van der Waals surface area contributed by atoms with Crippen molar-refractivity contribution in [2.75, 3.05) is 0 Å². The third-order valence-corrected chi connectivity index (χ3v) is 3.12. The first-order valence-corrected chi connectivity index (χ1v) is 6.41. The minimum Gasteiger partial charge on any atom is -0.468 e. The molecule has 0 spiro atoms. The van der Waals surface area contributed by atoms with Crippen LogP contribution in [-0.4, -0.2) is 9.78 Å². The van der Waals surface area contributed by atoms with Crippen LogP contribution in [0.5, 0.6) is 0 Å². The molecule has 0 unspecified atom stereocenters. The third kappa shape index (κ3) is 2.82. The molecule has 0 saturated heterocycles. The van der Waals surface area contributed by atoms with Gasteiger partial charge in [0.15, 0.2) is 0 Å². The molecule has 0 fully saturated rings. The second kappa shape index (κ2) is 5.40. The van der Waals surface area contributed by atoms with Crippen molar-refractivity contribution in [3.8, 4) is 0 Å². The SMILES string of the molecule is CC(C)n1cc([C@H](C)N[C@H](C)c2ccco2)cn1. The van der Waals surface area contributed by atoms with Gasteiger partial charge in [-0.3, -0.25) is 4.68 Å². The van der Waals surface area contributed by atoms with Crippen LogP contribution in [0.2, 0.25) is 0 Å². The molecule has 2 atom stereocenters. The lowest BCUT2D eigenvalue weighted by atomic mass is 10.1. The van der Waals surface area contributed by atoms with Crippen LogP contribution in [0.4, 0.5) is 0 Å². The fraction of sp³-hybridized carbons (Fsp3) is 0.500. The van der Waals surface area contributed by atoms with E-state index in [2.05, 4.69) is 44.3 Å². The molecule has 4 nitrogen and oxygen atoms in total. The van der Waals surface area contributed by atoms with E-state index in [1.54, 1.807) is 6.26 Å². The van der Waals surface area contributed by atoms with Gasteiger partial charge in [-0.05, 0) is 39.8 Å². The predicted molar refractivity (Wildman–Crippen MR) is 71.3 cm³/mol. The van der Waals surface area contributed by atoms with E-state index in [1.165, 1.54) is 5.56 Å². The maximum atomic E-state index is 5.39. The number of aromatic nitrogens is 2. The van der Waals surface area contributed by atoms with E-state index in [1.807, 2.05) is 23.0 Å². The zero-order valence-electron chi connectivity index (χ0n) is 11.4. The standard InChI is InChI=1S/C14H21N3O/c1-10(2)17-9-13(8-15-17)11(3)16-12(4)14-6-5-7-18-14/h5-12,16H,1-4H3/t11-,12+/m0/s1. The van der Waals surface area contributed by atoms with E-state index in [9.17, 15) is 0 Å². The van der Waals surface area contributed by atoms with Gasteiger partial charge in [-0.1, -0.05) is 0 Å². The van der Waals surface area contributed by atoms with Crippen LogP contribution >= 0.6 is 0 Å². The van der Waals surface area contributed by atoms with Crippen LogP contribution in [0.1, 0.15) is 57.1 Å². The van der Waals surface area contributed by atoms with E-state index in [4.69, 9.17) is 4.42 Å². The van der Waals surface area contributed by atoms with Gasteiger partial charge in [-0.2, -0.15) is 5.10 Å². The van der Waals surface area contributed by atoms with Gasteiger partial charge in [-0.15, -0.1) is 0 Å². The van der Waals surface area contributed by atoms with Gasteiger partial charge in [0.25, 0.3) is 0 Å². The largest absolute Gasteiger partial charge is 0.468 e. The summed E-state index contributed by atoms with van der Waals surface area (Å²) in [4.78, 5) is 0. The van der Waals surface area contributed by atoms with Crippen molar-refractivity contribution >= 4 is 0 Å². The fourth-order valence-corrected chi connectivity index (χ4v) is 1.95. The summed E-state index contributed by atoms with van der Waals surface area (Å²) in [6.07, 6.45) is 5.72. The van der Waals surface area contributed by atoms with E-state index in [0.717, 1.165) is 5.76 Å². The maximum Gasteiger partial charge on any atom is 0.120 e. The summed E-state index contributed by atoms with van der Waals surface area (Å²) in [5.74, 6) is 0.957. The Morgan fingerprint density at radius 2 is 2.00 bits per heavy atom. The van der Waals surface area contributed by atoms with Gasteiger partial charge < -0.3 is 9.73 Å². The van der Waals surface area contributed by atoms with Gasteiger partial charge in [0.1, 0.15) is 5.76 Å². The van der Waals surface area contributed by atoms with Gasteiger partial charge in [0.05, 0.1) is 18.5 Å². The van der Waals surface area contributed by atoms with E-state index in [-0.39, 0.29) is 12.1 Å². The van der Waals surface area contributed by atoms with Crippen molar-refractivity contribution in [1.82, 2.24) is 15.1 Å². The van der Waals surface area contributed by atoms with Crippen LogP contribution in [0, 0.1) is 0 Å². The highest BCUT2D eigenvalue weighted by Crippen LogP contribution is 2.19. The molecule has 0 amide bonds. The highest BCUT2D eigenvalue weighted by molar-refractivity contribution is 5.11. The second-order valence-electron chi connectivity index (χ2n) is 4.97. The Morgan fingerprint density at radius 1 is 1.22 bits per heavy atom. The molecule has 0 aliphatic rings. The minimum absolute atomic E-state index is 0.192. The zero-order chi connectivity index (χ0) is 13.1. The summed E-state index contributed by atoms with van der Waals surface area (Å²) in [5, 5.41) is 7.86. The normalized spacial score (nSPS) is 14.9. The van der Waals surface area contributed by atoms with Crippen molar-refractivity contribution in [2.45, 2.75) is 45.8 Å². The Bertz CT molecular complexity index is 473. The first kappa shape index (κ1) is 12.9. The average molecular weight is 247 g/mol. The molecular weight excluding hydrogens is 226 g/mol. The molecule has 0 bridgehead atoms.